The molecule has 5 rings (SSSR count). The topological polar surface area (TPSA) is 54.7 Å². The number of fused-ring (bicyclic) bond motifs is 1. The van der Waals surface area contributed by atoms with E-state index in [1.807, 2.05) is 18.3 Å². The Kier molecular flexibility index (Phi) is 6.74. The van der Waals surface area contributed by atoms with Gasteiger partial charge >= 0.3 is 0 Å². The fourth-order valence-corrected chi connectivity index (χ4v) is 5.19. The van der Waals surface area contributed by atoms with Crippen molar-refractivity contribution in [2.75, 3.05) is 32.8 Å². The van der Waals surface area contributed by atoms with Crippen LogP contribution in [0.3, 0.4) is 0 Å². The average molecular weight is 454 g/mol. The maximum atomic E-state index is 6.05. The third-order valence-electron chi connectivity index (χ3n) is 6.85. The molecule has 32 heavy (non-hydrogen) atoms. The van der Waals surface area contributed by atoms with Crippen LogP contribution >= 0.6 is 11.6 Å². The summed E-state index contributed by atoms with van der Waals surface area (Å²) in [7, 11) is 0. The average Bonchev–Trinajstić information content (AvgIpc) is 3.43. The Balaban J connectivity index is 1.30. The van der Waals surface area contributed by atoms with Gasteiger partial charge in [0.15, 0.2) is 5.65 Å². The van der Waals surface area contributed by atoms with E-state index < -0.39 is 0 Å². The van der Waals surface area contributed by atoms with Gasteiger partial charge in [-0.05, 0) is 62.4 Å². The summed E-state index contributed by atoms with van der Waals surface area (Å²) in [5.74, 6) is 1.08. The molecule has 0 radical (unpaired) electrons. The van der Waals surface area contributed by atoms with Gasteiger partial charge in [0.05, 0.1) is 18.0 Å². The monoisotopic (exact) mass is 453 g/mol. The van der Waals surface area contributed by atoms with Crippen molar-refractivity contribution in [2.45, 2.75) is 45.2 Å². The predicted octanol–water partition coefficient (Wildman–Crippen LogP) is 4.20. The van der Waals surface area contributed by atoms with Gasteiger partial charge in [-0.3, -0.25) is 4.90 Å². The molecular formula is C25H32ClN5O. The number of hydrogen-bond acceptors (Lipinski definition) is 5. The molecule has 2 atom stereocenters. The summed E-state index contributed by atoms with van der Waals surface area (Å²) >= 11 is 6.05. The Morgan fingerprint density at radius 1 is 1.19 bits per heavy atom. The van der Waals surface area contributed by atoms with Crippen LogP contribution in [-0.4, -0.2) is 52.3 Å². The molecule has 7 heteroatoms. The van der Waals surface area contributed by atoms with Crippen LogP contribution in [0.5, 0.6) is 0 Å². The second-order valence-electron chi connectivity index (χ2n) is 9.23. The summed E-state index contributed by atoms with van der Waals surface area (Å²) in [5, 5.41) is 9.31. The molecule has 2 aromatic heterocycles. The minimum Gasteiger partial charge on any atom is -0.381 e. The molecule has 1 N–H and O–H groups in total. The van der Waals surface area contributed by atoms with Crippen molar-refractivity contribution in [2.24, 2.45) is 5.92 Å². The molecule has 0 amide bonds. The number of piperidine rings is 1. The Labute approximate surface area is 194 Å². The van der Waals surface area contributed by atoms with E-state index in [1.54, 1.807) is 0 Å². The van der Waals surface area contributed by atoms with Crippen LogP contribution in [0, 0.1) is 12.8 Å². The number of ether oxygens (including phenoxy) is 1. The number of benzene rings is 1. The van der Waals surface area contributed by atoms with Gasteiger partial charge in [0.1, 0.15) is 0 Å². The maximum Gasteiger partial charge on any atom is 0.159 e. The normalized spacial score (nSPS) is 22.1. The number of hydrogen-bond donors (Lipinski definition) is 1. The number of rotatable bonds is 7. The first-order valence-corrected chi connectivity index (χ1v) is 12.1. The van der Waals surface area contributed by atoms with Gasteiger partial charge in [-0.1, -0.05) is 23.7 Å². The summed E-state index contributed by atoms with van der Waals surface area (Å²) in [6.07, 6.45) is 5.49. The Hall–Kier alpha value is -1.99. The Morgan fingerprint density at radius 3 is 2.88 bits per heavy atom. The third kappa shape index (κ3) is 4.84. The molecule has 170 valence electrons. The first-order valence-electron chi connectivity index (χ1n) is 11.8. The van der Waals surface area contributed by atoms with E-state index in [-0.39, 0.29) is 0 Å². The van der Waals surface area contributed by atoms with Crippen LogP contribution in [-0.2, 0) is 17.8 Å². The SMILES string of the molecule is Cc1nn2c([C@H]3CCCN(Cc4ccc(Cl)cc4)C3)ccnc2c1CNC[C@@H]1CCOC1. The van der Waals surface area contributed by atoms with Crippen molar-refractivity contribution in [3.05, 3.63) is 64.1 Å². The third-order valence-corrected chi connectivity index (χ3v) is 7.10. The lowest BCUT2D eigenvalue weighted by Crippen LogP contribution is -2.34. The van der Waals surface area contributed by atoms with Gasteiger partial charge in [0.25, 0.3) is 0 Å². The van der Waals surface area contributed by atoms with Crippen LogP contribution in [0.1, 0.15) is 47.7 Å². The van der Waals surface area contributed by atoms with Crippen molar-refractivity contribution in [1.82, 2.24) is 24.8 Å². The standard InChI is InChI=1S/C25H32ClN5O/c1-18-23(14-27-13-20-9-12-32-17-20)25-28-10-8-24(31(25)29-18)21-3-2-11-30(16-21)15-19-4-6-22(26)7-5-19/h4-8,10,20-21,27H,2-3,9,11-17H2,1H3/t20-,21-/m0/s1. The van der Waals surface area contributed by atoms with Crippen LogP contribution in [0.25, 0.3) is 5.65 Å². The van der Waals surface area contributed by atoms with Crippen molar-refractivity contribution < 1.29 is 4.74 Å². The van der Waals surface area contributed by atoms with Gasteiger partial charge in [-0.2, -0.15) is 5.10 Å². The maximum absolute atomic E-state index is 6.05. The number of likely N-dealkylation sites (tertiary alicyclic amines) is 1. The first kappa shape index (κ1) is 21.8. The fraction of sp³-hybridized carbons (Fsp3) is 0.520. The van der Waals surface area contributed by atoms with E-state index >= 15 is 0 Å². The lowest BCUT2D eigenvalue weighted by molar-refractivity contribution is 0.185. The summed E-state index contributed by atoms with van der Waals surface area (Å²) in [4.78, 5) is 7.26. The highest BCUT2D eigenvalue weighted by Crippen LogP contribution is 2.29. The number of nitrogens with zero attached hydrogens (tertiary/aromatic N) is 4. The summed E-state index contributed by atoms with van der Waals surface area (Å²) in [6.45, 7) is 8.78. The van der Waals surface area contributed by atoms with E-state index in [0.29, 0.717) is 11.8 Å². The quantitative estimate of drug-likeness (QED) is 0.581. The summed E-state index contributed by atoms with van der Waals surface area (Å²) in [6, 6.07) is 10.4. The molecule has 0 spiro atoms. The highest BCUT2D eigenvalue weighted by molar-refractivity contribution is 6.30. The predicted molar refractivity (Wildman–Crippen MR) is 127 cm³/mol. The fourth-order valence-electron chi connectivity index (χ4n) is 5.06. The lowest BCUT2D eigenvalue weighted by Gasteiger charge is -2.33. The van der Waals surface area contributed by atoms with E-state index in [2.05, 4.69) is 39.9 Å². The molecule has 4 heterocycles. The molecule has 3 aromatic rings. The van der Waals surface area contributed by atoms with Gasteiger partial charge in [-0.15, -0.1) is 0 Å². The lowest BCUT2D eigenvalue weighted by atomic mass is 9.94. The number of nitrogens with one attached hydrogen (secondary N) is 1. The second-order valence-corrected chi connectivity index (χ2v) is 9.67. The molecule has 6 nitrogen and oxygen atoms in total. The zero-order chi connectivity index (χ0) is 21.9. The van der Waals surface area contributed by atoms with Gasteiger partial charge < -0.3 is 10.1 Å². The van der Waals surface area contributed by atoms with Gasteiger partial charge in [0.2, 0.25) is 0 Å². The van der Waals surface area contributed by atoms with Crippen molar-refractivity contribution >= 4 is 17.2 Å². The van der Waals surface area contributed by atoms with E-state index in [4.69, 9.17) is 26.4 Å². The molecule has 2 aliphatic rings. The summed E-state index contributed by atoms with van der Waals surface area (Å²) < 4.78 is 7.59. The van der Waals surface area contributed by atoms with Crippen molar-refractivity contribution in [3.8, 4) is 0 Å². The van der Waals surface area contributed by atoms with Crippen molar-refractivity contribution in [3.63, 3.8) is 0 Å². The van der Waals surface area contributed by atoms with E-state index in [9.17, 15) is 0 Å². The molecule has 0 saturated carbocycles. The van der Waals surface area contributed by atoms with Gasteiger partial charge in [0, 0.05) is 55.5 Å². The van der Waals surface area contributed by atoms with Crippen LogP contribution < -0.4 is 5.32 Å². The highest BCUT2D eigenvalue weighted by Gasteiger charge is 2.25. The van der Waals surface area contributed by atoms with Crippen LogP contribution in [0.2, 0.25) is 5.02 Å². The van der Waals surface area contributed by atoms with E-state index in [1.165, 1.54) is 29.7 Å². The molecule has 0 aliphatic carbocycles. The van der Waals surface area contributed by atoms with E-state index in [0.717, 1.165) is 68.7 Å². The Bertz CT molecular complexity index is 1040. The molecule has 2 saturated heterocycles. The first-order chi connectivity index (χ1) is 15.7. The van der Waals surface area contributed by atoms with Crippen LogP contribution in [0.4, 0.5) is 0 Å². The number of aromatic nitrogens is 3. The summed E-state index contributed by atoms with van der Waals surface area (Å²) in [5.41, 5.74) is 5.85. The molecule has 0 bridgehead atoms. The zero-order valence-electron chi connectivity index (χ0n) is 18.8. The number of halogens is 1. The van der Waals surface area contributed by atoms with Crippen LogP contribution in [0.15, 0.2) is 36.5 Å². The molecule has 2 fully saturated rings. The number of aryl methyl sites for hydroxylation is 1. The zero-order valence-corrected chi connectivity index (χ0v) is 19.5. The smallest absolute Gasteiger partial charge is 0.159 e. The minimum atomic E-state index is 0.456. The second kappa shape index (κ2) is 9.87. The van der Waals surface area contributed by atoms with Gasteiger partial charge in [-0.25, -0.2) is 9.50 Å². The Morgan fingerprint density at radius 2 is 2.06 bits per heavy atom. The molecule has 0 unspecified atom stereocenters. The largest absolute Gasteiger partial charge is 0.381 e. The molecule has 2 aliphatic heterocycles. The minimum absolute atomic E-state index is 0.456. The molecular weight excluding hydrogens is 422 g/mol. The van der Waals surface area contributed by atoms with Crippen molar-refractivity contribution in [1.29, 1.82) is 0 Å². The highest BCUT2D eigenvalue weighted by atomic mass is 35.5. The molecule has 1 aromatic carbocycles.